The summed E-state index contributed by atoms with van der Waals surface area (Å²) in [5.41, 5.74) is 16.9. The lowest BCUT2D eigenvalue weighted by Crippen LogP contribution is -2.17. The van der Waals surface area contributed by atoms with E-state index in [9.17, 15) is 0 Å². The number of para-hydroxylation sites is 5. The van der Waals surface area contributed by atoms with Gasteiger partial charge in [0.2, 0.25) is 0 Å². The highest BCUT2D eigenvalue weighted by Crippen LogP contribution is 2.53. The maximum Gasteiger partial charge on any atom is 0.135 e. The normalized spacial score (nSPS) is 12.9. The molecule has 0 aliphatic heterocycles. The molecule has 61 heavy (non-hydrogen) atoms. The standard InChI is InChI=1S/C57H41N3O/c1-57(2)51-36-43(58(38-15-5-3-6-16-38)39-17-7-4-8-18-39)29-32-45(51)46-33-30-44(37-52(46)57)59(42-31-34-56-50(35-42)49-21-11-14-24-55(49)61-56)40-25-27-41(28-26-40)60-53-22-12-9-19-47(53)48-20-10-13-23-54(48)60/h3-37H,1-2H3. The third-order valence-corrected chi connectivity index (χ3v) is 12.8. The minimum absolute atomic E-state index is 0.257. The maximum absolute atomic E-state index is 6.31. The van der Waals surface area contributed by atoms with Crippen molar-refractivity contribution in [1.29, 1.82) is 0 Å². The number of anilines is 6. The van der Waals surface area contributed by atoms with Gasteiger partial charge in [-0.3, -0.25) is 0 Å². The Morgan fingerprint density at radius 3 is 1.38 bits per heavy atom. The highest BCUT2D eigenvalue weighted by molar-refractivity contribution is 6.09. The molecule has 0 radical (unpaired) electrons. The van der Waals surface area contributed by atoms with Gasteiger partial charge < -0.3 is 18.8 Å². The number of fused-ring (bicyclic) bond motifs is 9. The molecule has 1 aliphatic rings. The van der Waals surface area contributed by atoms with Crippen molar-refractivity contribution in [2.75, 3.05) is 9.80 Å². The molecule has 11 aromatic rings. The van der Waals surface area contributed by atoms with Crippen molar-refractivity contribution in [1.82, 2.24) is 4.57 Å². The third-order valence-electron chi connectivity index (χ3n) is 12.8. The quantitative estimate of drug-likeness (QED) is 0.161. The second-order valence-electron chi connectivity index (χ2n) is 16.6. The molecule has 0 amide bonds. The number of hydrogen-bond acceptors (Lipinski definition) is 3. The van der Waals surface area contributed by atoms with Crippen molar-refractivity contribution in [3.63, 3.8) is 0 Å². The van der Waals surface area contributed by atoms with Gasteiger partial charge in [-0.2, -0.15) is 0 Å². The summed E-state index contributed by atoms with van der Waals surface area (Å²) in [7, 11) is 0. The lowest BCUT2D eigenvalue weighted by molar-refractivity contribution is 0.660. The average molecular weight is 784 g/mol. The minimum atomic E-state index is -0.257. The van der Waals surface area contributed by atoms with Crippen molar-refractivity contribution < 1.29 is 4.42 Å². The zero-order chi connectivity index (χ0) is 40.7. The van der Waals surface area contributed by atoms with Crippen LogP contribution in [0.3, 0.4) is 0 Å². The molecule has 12 rings (SSSR count). The van der Waals surface area contributed by atoms with E-state index in [4.69, 9.17) is 4.42 Å². The Bertz CT molecular complexity index is 3360. The maximum atomic E-state index is 6.31. The van der Waals surface area contributed by atoms with Crippen LogP contribution in [0.2, 0.25) is 0 Å². The van der Waals surface area contributed by atoms with Gasteiger partial charge in [-0.1, -0.05) is 117 Å². The van der Waals surface area contributed by atoms with Crippen LogP contribution < -0.4 is 9.80 Å². The summed E-state index contributed by atoms with van der Waals surface area (Å²) >= 11 is 0. The molecular formula is C57H41N3O. The molecule has 0 saturated heterocycles. The summed E-state index contributed by atoms with van der Waals surface area (Å²) in [6.45, 7) is 4.74. The molecule has 0 saturated carbocycles. The van der Waals surface area contributed by atoms with Gasteiger partial charge in [0.05, 0.1) is 11.0 Å². The summed E-state index contributed by atoms with van der Waals surface area (Å²) in [6.07, 6.45) is 0. The Kier molecular flexibility index (Phi) is 7.85. The molecule has 4 nitrogen and oxygen atoms in total. The first kappa shape index (κ1) is 35.2. The van der Waals surface area contributed by atoms with Crippen molar-refractivity contribution in [2.45, 2.75) is 19.3 Å². The number of aromatic nitrogens is 1. The van der Waals surface area contributed by atoms with Gasteiger partial charge >= 0.3 is 0 Å². The molecular weight excluding hydrogens is 743 g/mol. The Balaban J connectivity index is 0.994. The summed E-state index contributed by atoms with van der Waals surface area (Å²) < 4.78 is 8.69. The van der Waals surface area contributed by atoms with E-state index in [2.05, 4.69) is 228 Å². The molecule has 0 bridgehead atoms. The molecule has 290 valence electrons. The molecule has 1 aliphatic carbocycles. The van der Waals surface area contributed by atoms with Crippen LogP contribution in [0.25, 0.3) is 60.6 Å². The van der Waals surface area contributed by atoms with Crippen molar-refractivity contribution in [3.8, 4) is 16.8 Å². The second kappa shape index (κ2) is 13.6. The second-order valence-corrected chi connectivity index (χ2v) is 16.6. The highest BCUT2D eigenvalue weighted by atomic mass is 16.3. The fourth-order valence-corrected chi connectivity index (χ4v) is 9.84. The van der Waals surface area contributed by atoms with Gasteiger partial charge in [-0.15, -0.1) is 0 Å². The van der Waals surface area contributed by atoms with Crippen LogP contribution in [-0.2, 0) is 5.41 Å². The zero-order valence-corrected chi connectivity index (χ0v) is 34.0. The smallest absolute Gasteiger partial charge is 0.135 e. The van der Waals surface area contributed by atoms with Crippen LogP contribution in [0.15, 0.2) is 217 Å². The number of furan rings is 1. The van der Waals surface area contributed by atoms with E-state index in [0.717, 1.165) is 61.8 Å². The van der Waals surface area contributed by atoms with Gasteiger partial charge in [0.15, 0.2) is 0 Å². The summed E-state index contributed by atoms with van der Waals surface area (Å²) in [5, 5.41) is 4.72. The first-order valence-electron chi connectivity index (χ1n) is 21.0. The van der Waals surface area contributed by atoms with E-state index in [1.165, 1.54) is 44.1 Å². The largest absolute Gasteiger partial charge is 0.456 e. The third kappa shape index (κ3) is 5.53. The lowest BCUT2D eigenvalue weighted by atomic mass is 9.82. The molecule has 0 N–H and O–H groups in total. The monoisotopic (exact) mass is 783 g/mol. The van der Waals surface area contributed by atoms with E-state index in [1.54, 1.807) is 0 Å². The highest BCUT2D eigenvalue weighted by Gasteiger charge is 2.37. The van der Waals surface area contributed by atoms with E-state index in [-0.39, 0.29) is 5.41 Å². The molecule has 0 atom stereocenters. The van der Waals surface area contributed by atoms with Crippen molar-refractivity contribution in [2.24, 2.45) is 0 Å². The van der Waals surface area contributed by atoms with Crippen LogP contribution in [0.4, 0.5) is 34.1 Å². The van der Waals surface area contributed by atoms with E-state index in [1.807, 2.05) is 12.1 Å². The molecule has 0 spiro atoms. The van der Waals surface area contributed by atoms with E-state index in [0.29, 0.717) is 0 Å². The Hall–Kier alpha value is -7.82. The minimum Gasteiger partial charge on any atom is -0.456 e. The van der Waals surface area contributed by atoms with Crippen LogP contribution in [-0.4, -0.2) is 4.57 Å². The van der Waals surface area contributed by atoms with Crippen LogP contribution in [0, 0.1) is 0 Å². The first-order chi connectivity index (χ1) is 30.0. The van der Waals surface area contributed by atoms with E-state index >= 15 is 0 Å². The summed E-state index contributed by atoms with van der Waals surface area (Å²) in [6, 6.07) is 76.6. The van der Waals surface area contributed by atoms with Crippen LogP contribution in [0.5, 0.6) is 0 Å². The van der Waals surface area contributed by atoms with Gasteiger partial charge in [0, 0.05) is 66.8 Å². The first-order valence-corrected chi connectivity index (χ1v) is 21.0. The number of nitrogens with zero attached hydrogens (tertiary/aromatic N) is 3. The van der Waals surface area contributed by atoms with Crippen LogP contribution >= 0.6 is 0 Å². The fraction of sp³-hybridized carbons (Fsp3) is 0.0526. The van der Waals surface area contributed by atoms with Gasteiger partial charge in [0.25, 0.3) is 0 Å². The molecule has 9 aromatic carbocycles. The SMILES string of the molecule is CC1(C)c2cc(N(c3ccccc3)c3ccccc3)ccc2-c2ccc(N(c3ccc(-n4c5ccccc5c5ccccc54)cc3)c3ccc4oc5ccccc5c4c3)cc21. The van der Waals surface area contributed by atoms with E-state index < -0.39 is 0 Å². The lowest BCUT2D eigenvalue weighted by Gasteiger charge is -2.29. The molecule has 2 aromatic heterocycles. The summed E-state index contributed by atoms with van der Waals surface area (Å²) in [4.78, 5) is 4.75. The van der Waals surface area contributed by atoms with Gasteiger partial charge in [-0.25, -0.2) is 0 Å². The number of benzene rings is 9. The Morgan fingerprint density at radius 2 is 0.787 bits per heavy atom. The van der Waals surface area contributed by atoms with Crippen LogP contribution in [0.1, 0.15) is 25.0 Å². The molecule has 2 heterocycles. The number of hydrogen-bond donors (Lipinski definition) is 0. The predicted octanol–water partition coefficient (Wildman–Crippen LogP) is 15.9. The Morgan fingerprint density at radius 1 is 0.361 bits per heavy atom. The van der Waals surface area contributed by atoms with Gasteiger partial charge in [0.1, 0.15) is 11.2 Å². The number of rotatable bonds is 7. The predicted molar refractivity (Wildman–Crippen MR) is 255 cm³/mol. The van der Waals surface area contributed by atoms with Crippen molar-refractivity contribution >= 4 is 77.9 Å². The topological polar surface area (TPSA) is 24.6 Å². The molecule has 4 heteroatoms. The van der Waals surface area contributed by atoms with Gasteiger partial charge in [-0.05, 0) is 131 Å². The summed E-state index contributed by atoms with van der Waals surface area (Å²) in [5.74, 6) is 0. The molecule has 0 fully saturated rings. The fourth-order valence-electron chi connectivity index (χ4n) is 9.84. The average Bonchev–Trinajstić information content (AvgIpc) is 3.93. The molecule has 0 unspecified atom stereocenters. The van der Waals surface area contributed by atoms with Crippen molar-refractivity contribution in [3.05, 3.63) is 223 Å². The Labute approximate surface area is 354 Å². The zero-order valence-electron chi connectivity index (χ0n) is 34.0.